The number of rotatable bonds is 3. The third-order valence-electron chi connectivity index (χ3n) is 4.49. The highest BCUT2D eigenvalue weighted by Crippen LogP contribution is 2.27. The first-order chi connectivity index (χ1) is 10.1. The van der Waals surface area contributed by atoms with Crippen LogP contribution in [0.5, 0.6) is 0 Å². The molecule has 0 aliphatic heterocycles. The van der Waals surface area contributed by atoms with Crippen molar-refractivity contribution in [3.63, 3.8) is 0 Å². The van der Waals surface area contributed by atoms with Crippen molar-refractivity contribution >= 4 is 20.8 Å². The Morgan fingerprint density at radius 3 is 2.33 bits per heavy atom. The van der Waals surface area contributed by atoms with E-state index >= 15 is 0 Å². The standard InChI is InChI=1S/C17H21NO2S/c1-18(16-9-3-2-4-10-16)21(19,20)17-12-11-14-7-5-6-8-15(14)13-17/h5-8,11-13,16H,2-4,9-10H2,1H3. The van der Waals surface area contributed by atoms with Crippen LogP contribution in [0.4, 0.5) is 0 Å². The van der Waals surface area contributed by atoms with E-state index in [2.05, 4.69) is 0 Å². The average molecular weight is 303 g/mol. The second kappa shape index (κ2) is 5.78. The Bertz CT molecular complexity index is 733. The highest BCUT2D eigenvalue weighted by atomic mass is 32.2. The van der Waals surface area contributed by atoms with E-state index < -0.39 is 10.0 Å². The molecule has 0 atom stereocenters. The first-order valence-electron chi connectivity index (χ1n) is 7.56. The van der Waals surface area contributed by atoms with Gasteiger partial charge in [0.2, 0.25) is 10.0 Å². The molecule has 0 unspecified atom stereocenters. The number of hydrogen-bond donors (Lipinski definition) is 0. The van der Waals surface area contributed by atoms with Crippen molar-refractivity contribution in [3.05, 3.63) is 42.5 Å². The van der Waals surface area contributed by atoms with Gasteiger partial charge in [-0.05, 0) is 35.7 Å². The van der Waals surface area contributed by atoms with Crippen molar-refractivity contribution in [2.24, 2.45) is 0 Å². The van der Waals surface area contributed by atoms with Crippen LogP contribution in [0.2, 0.25) is 0 Å². The predicted octanol–water partition coefficient (Wildman–Crippen LogP) is 3.79. The van der Waals surface area contributed by atoms with Crippen LogP contribution in [0, 0.1) is 0 Å². The molecule has 0 saturated heterocycles. The zero-order valence-electron chi connectivity index (χ0n) is 12.3. The van der Waals surface area contributed by atoms with Crippen molar-refractivity contribution in [2.45, 2.75) is 43.0 Å². The highest BCUT2D eigenvalue weighted by molar-refractivity contribution is 7.89. The fourth-order valence-electron chi connectivity index (χ4n) is 3.14. The summed E-state index contributed by atoms with van der Waals surface area (Å²) in [7, 11) is -1.67. The van der Waals surface area contributed by atoms with Gasteiger partial charge in [0.1, 0.15) is 0 Å². The third kappa shape index (κ3) is 2.83. The first-order valence-corrected chi connectivity index (χ1v) is 9.00. The minimum absolute atomic E-state index is 0.148. The molecular weight excluding hydrogens is 282 g/mol. The summed E-state index contributed by atoms with van der Waals surface area (Å²) in [4.78, 5) is 0.397. The smallest absolute Gasteiger partial charge is 0.207 e. The maximum atomic E-state index is 12.8. The Kier molecular flexibility index (Phi) is 4.00. The van der Waals surface area contributed by atoms with E-state index in [-0.39, 0.29) is 6.04 Å². The zero-order valence-corrected chi connectivity index (χ0v) is 13.1. The van der Waals surface area contributed by atoms with Crippen LogP contribution in [0.3, 0.4) is 0 Å². The largest absolute Gasteiger partial charge is 0.243 e. The van der Waals surface area contributed by atoms with Crippen LogP contribution in [-0.4, -0.2) is 25.8 Å². The molecule has 3 rings (SSSR count). The van der Waals surface area contributed by atoms with Gasteiger partial charge in [0.25, 0.3) is 0 Å². The number of nitrogens with zero attached hydrogens (tertiary/aromatic N) is 1. The molecule has 4 heteroatoms. The summed E-state index contributed by atoms with van der Waals surface area (Å²) in [6.45, 7) is 0. The molecule has 0 heterocycles. The summed E-state index contributed by atoms with van der Waals surface area (Å²) in [5, 5.41) is 2.03. The number of benzene rings is 2. The SMILES string of the molecule is CN(C1CCCCC1)S(=O)(=O)c1ccc2ccccc2c1. The lowest BCUT2D eigenvalue weighted by atomic mass is 9.96. The molecular formula is C17H21NO2S. The Morgan fingerprint density at radius 1 is 0.952 bits per heavy atom. The Balaban J connectivity index is 1.95. The van der Waals surface area contributed by atoms with Gasteiger partial charge >= 0.3 is 0 Å². The van der Waals surface area contributed by atoms with E-state index in [1.165, 1.54) is 6.42 Å². The summed E-state index contributed by atoms with van der Waals surface area (Å²) in [5.41, 5.74) is 0. The molecule has 1 saturated carbocycles. The van der Waals surface area contributed by atoms with E-state index in [0.717, 1.165) is 36.5 Å². The molecule has 112 valence electrons. The monoisotopic (exact) mass is 303 g/mol. The normalized spacial score (nSPS) is 17.4. The van der Waals surface area contributed by atoms with Gasteiger partial charge in [-0.25, -0.2) is 8.42 Å². The van der Waals surface area contributed by atoms with E-state index in [9.17, 15) is 8.42 Å². The van der Waals surface area contributed by atoms with Gasteiger partial charge in [0, 0.05) is 13.1 Å². The summed E-state index contributed by atoms with van der Waals surface area (Å²) < 4.78 is 27.2. The van der Waals surface area contributed by atoms with Gasteiger partial charge in [0.05, 0.1) is 4.90 Å². The van der Waals surface area contributed by atoms with Crippen LogP contribution in [0.15, 0.2) is 47.4 Å². The van der Waals surface area contributed by atoms with Crippen molar-refractivity contribution in [1.29, 1.82) is 0 Å². The van der Waals surface area contributed by atoms with Crippen LogP contribution in [0.1, 0.15) is 32.1 Å². The highest BCUT2D eigenvalue weighted by Gasteiger charge is 2.28. The minimum Gasteiger partial charge on any atom is -0.207 e. The lowest BCUT2D eigenvalue weighted by Gasteiger charge is -2.30. The van der Waals surface area contributed by atoms with Gasteiger partial charge < -0.3 is 0 Å². The molecule has 0 bridgehead atoms. The topological polar surface area (TPSA) is 37.4 Å². The van der Waals surface area contributed by atoms with Gasteiger partial charge in [-0.2, -0.15) is 4.31 Å². The van der Waals surface area contributed by atoms with Crippen molar-refractivity contribution in [2.75, 3.05) is 7.05 Å². The maximum absolute atomic E-state index is 12.8. The van der Waals surface area contributed by atoms with E-state index in [1.807, 2.05) is 30.3 Å². The minimum atomic E-state index is -3.40. The maximum Gasteiger partial charge on any atom is 0.243 e. The molecule has 3 nitrogen and oxygen atoms in total. The summed E-state index contributed by atoms with van der Waals surface area (Å²) >= 11 is 0. The Morgan fingerprint density at radius 2 is 1.62 bits per heavy atom. The third-order valence-corrected chi connectivity index (χ3v) is 6.39. The zero-order chi connectivity index (χ0) is 14.9. The second-order valence-corrected chi connectivity index (χ2v) is 7.82. The number of sulfonamides is 1. The molecule has 1 fully saturated rings. The van der Waals surface area contributed by atoms with Gasteiger partial charge in [0.15, 0.2) is 0 Å². The van der Waals surface area contributed by atoms with Crippen LogP contribution >= 0.6 is 0 Å². The molecule has 0 spiro atoms. The predicted molar refractivity (Wildman–Crippen MR) is 85.8 cm³/mol. The quantitative estimate of drug-likeness (QED) is 0.865. The van der Waals surface area contributed by atoms with E-state index in [0.29, 0.717) is 4.90 Å². The molecule has 2 aromatic rings. The summed E-state index contributed by atoms with van der Waals surface area (Å²) in [6.07, 6.45) is 5.43. The average Bonchev–Trinajstić information content (AvgIpc) is 2.54. The van der Waals surface area contributed by atoms with Crippen molar-refractivity contribution in [1.82, 2.24) is 4.31 Å². The summed E-state index contributed by atoms with van der Waals surface area (Å²) in [5.74, 6) is 0. The second-order valence-electron chi connectivity index (χ2n) is 5.82. The fraction of sp³-hybridized carbons (Fsp3) is 0.412. The van der Waals surface area contributed by atoms with Gasteiger partial charge in [-0.3, -0.25) is 0 Å². The van der Waals surface area contributed by atoms with Crippen molar-refractivity contribution < 1.29 is 8.42 Å². The molecule has 2 aromatic carbocycles. The van der Waals surface area contributed by atoms with E-state index in [1.54, 1.807) is 23.5 Å². The van der Waals surface area contributed by atoms with Crippen LogP contribution < -0.4 is 0 Å². The molecule has 1 aliphatic carbocycles. The van der Waals surface area contributed by atoms with Crippen LogP contribution in [0.25, 0.3) is 10.8 Å². The Labute approximate surface area is 126 Å². The van der Waals surface area contributed by atoms with Gasteiger partial charge in [-0.15, -0.1) is 0 Å². The summed E-state index contributed by atoms with van der Waals surface area (Å²) in [6, 6.07) is 13.4. The molecule has 0 N–H and O–H groups in total. The van der Waals surface area contributed by atoms with Gasteiger partial charge in [-0.1, -0.05) is 49.6 Å². The lowest BCUT2D eigenvalue weighted by molar-refractivity contribution is 0.286. The fourth-order valence-corrected chi connectivity index (χ4v) is 4.59. The Hall–Kier alpha value is -1.39. The molecule has 21 heavy (non-hydrogen) atoms. The van der Waals surface area contributed by atoms with Crippen LogP contribution in [-0.2, 0) is 10.0 Å². The molecule has 0 radical (unpaired) electrons. The number of hydrogen-bond acceptors (Lipinski definition) is 2. The first kappa shape index (κ1) is 14.5. The van der Waals surface area contributed by atoms with Crippen molar-refractivity contribution in [3.8, 4) is 0 Å². The molecule has 0 amide bonds. The van der Waals surface area contributed by atoms with E-state index in [4.69, 9.17) is 0 Å². The lowest BCUT2D eigenvalue weighted by Crippen LogP contribution is -2.38. The molecule has 1 aliphatic rings. The molecule has 0 aromatic heterocycles. The number of fused-ring (bicyclic) bond motifs is 1.